The van der Waals surface area contributed by atoms with E-state index >= 15 is 0 Å². The molecule has 0 bridgehead atoms. The largest absolute Gasteiger partial charge is 0.455 e. The zero-order valence-electron chi connectivity index (χ0n) is 17.1. The zero-order chi connectivity index (χ0) is 21.1. The van der Waals surface area contributed by atoms with Crippen molar-refractivity contribution in [3.63, 3.8) is 0 Å². The van der Waals surface area contributed by atoms with Crippen LogP contribution >= 0.6 is 0 Å². The van der Waals surface area contributed by atoms with E-state index in [1.54, 1.807) is 4.90 Å². The molecule has 30 heavy (non-hydrogen) atoms. The fraction of sp³-hybridized carbons (Fsp3) is 0.375. The highest BCUT2D eigenvalue weighted by Crippen LogP contribution is 2.27. The molecule has 1 saturated heterocycles. The summed E-state index contributed by atoms with van der Waals surface area (Å²) in [7, 11) is 0. The van der Waals surface area contributed by atoms with Gasteiger partial charge in [0.1, 0.15) is 0 Å². The van der Waals surface area contributed by atoms with Crippen molar-refractivity contribution >= 4 is 29.2 Å². The number of anilines is 2. The quantitative estimate of drug-likeness (QED) is 0.747. The van der Waals surface area contributed by atoms with E-state index in [0.29, 0.717) is 0 Å². The SMILES string of the molecule is CCc1ccc(N2C[C@@H](C(=O)OCC(=O)Nc3ccc4c(c3)CCC4)CC2=O)cc1. The van der Waals surface area contributed by atoms with Crippen molar-refractivity contribution in [1.29, 1.82) is 0 Å². The van der Waals surface area contributed by atoms with E-state index in [4.69, 9.17) is 4.74 Å². The second-order valence-corrected chi connectivity index (χ2v) is 7.92. The van der Waals surface area contributed by atoms with E-state index < -0.39 is 11.9 Å². The molecule has 1 atom stereocenters. The fourth-order valence-corrected chi connectivity index (χ4v) is 4.13. The number of aryl methyl sites for hydroxylation is 3. The maximum absolute atomic E-state index is 12.4. The van der Waals surface area contributed by atoms with Crippen molar-refractivity contribution in [2.24, 2.45) is 5.92 Å². The highest BCUT2D eigenvalue weighted by Gasteiger charge is 2.36. The molecular weight excluding hydrogens is 380 g/mol. The number of hydrogen-bond donors (Lipinski definition) is 1. The Balaban J connectivity index is 1.28. The Bertz CT molecular complexity index is 968. The lowest BCUT2D eigenvalue weighted by Crippen LogP contribution is -2.28. The lowest BCUT2D eigenvalue weighted by Gasteiger charge is -2.17. The van der Waals surface area contributed by atoms with Gasteiger partial charge in [0, 0.05) is 24.3 Å². The van der Waals surface area contributed by atoms with Crippen molar-refractivity contribution in [2.75, 3.05) is 23.4 Å². The molecule has 2 aromatic rings. The van der Waals surface area contributed by atoms with Gasteiger partial charge < -0.3 is 15.0 Å². The van der Waals surface area contributed by atoms with Crippen LogP contribution in [0.3, 0.4) is 0 Å². The fourth-order valence-electron chi connectivity index (χ4n) is 4.13. The number of esters is 1. The van der Waals surface area contributed by atoms with Crippen molar-refractivity contribution < 1.29 is 19.1 Å². The van der Waals surface area contributed by atoms with E-state index in [1.165, 1.54) is 16.7 Å². The van der Waals surface area contributed by atoms with Crippen LogP contribution in [0.1, 0.15) is 36.5 Å². The average Bonchev–Trinajstić information content (AvgIpc) is 3.38. The number of nitrogens with one attached hydrogen (secondary N) is 1. The van der Waals surface area contributed by atoms with Gasteiger partial charge in [-0.15, -0.1) is 0 Å². The number of rotatable bonds is 6. The predicted octanol–water partition coefficient (Wildman–Crippen LogP) is 3.27. The molecule has 2 amide bonds. The molecule has 0 aromatic heterocycles. The number of fused-ring (bicyclic) bond motifs is 1. The van der Waals surface area contributed by atoms with Crippen LogP contribution in [0.5, 0.6) is 0 Å². The highest BCUT2D eigenvalue weighted by atomic mass is 16.5. The van der Waals surface area contributed by atoms with Gasteiger partial charge in [-0.05, 0) is 66.6 Å². The lowest BCUT2D eigenvalue weighted by molar-refractivity contribution is -0.151. The maximum Gasteiger partial charge on any atom is 0.311 e. The van der Waals surface area contributed by atoms with Gasteiger partial charge in [0.2, 0.25) is 5.91 Å². The third kappa shape index (κ3) is 4.37. The predicted molar refractivity (Wildman–Crippen MR) is 114 cm³/mol. The summed E-state index contributed by atoms with van der Waals surface area (Å²) < 4.78 is 5.19. The minimum Gasteiger partial charge on any atom is -0.455 e. The van der Waals surface area contributed by atoms with Crippen LogP contribution in [0.25, 0.3) is 0 Å². The first-order chi connectivity index (χ1) is 14.5. The standard InChI is InChI=1S/C24H26N2O4/c1-2-16-6-10-21(11-7-16)26-14-19(13-23(26)28)24(29)30-15-22(27)25-20-9-8-17-4-3-5-18(17)12-20/h6-12,19H,2-5,13-15H2,1H3,(H,25,27)/t19-/m0/s1. The number of amides is 2. The molecule has 0 unspecified atom stereocenters. The molecule has 4 rings (SSSR count). The smallest absolute Gasteiger partial charge is 0.311 e. The van der Waals surface area contributed by atoms with Gasteiger partial charge >= 0.3 is 5.97 Å². The van der Waals surface area contributed by atoms with Gasteiger partial charge in [-0.1, -0.05) is 25.1 Å². The Labute approximate surface area is 176 Å². The third-order valence-corrected chi connectivity index (χ3v) is 5.84. The lowest BCUT2D eigenvalue weighted by atomic mass is 10.1. The second kappa shape index (κ2) is 8.69. The van der Waals surface area contributed by atoms with Crippen LogP contribution in [0.2, 0.25) is 0 Å². The molecule has 6 heteroatoms. The summed E-state index contributed by atoms with van der Waals surface area (Å²) in [6, 6.07) is 13.7. The van der Waals surface area contributed by atoms with Crippen molar-refractivity contribution in [2.45, 2.75) is 39.0 Å². The summed E-state index contributed by atoms with van der Waals surface area (Å²) in [4.78, 5) is 38.5. The molecule has 0 saturated carbocycles. The van der Waals surface area contributed by atoms with Gasteiger partial charge in [0.05, 0.1) is 5.92 Å². The second-order valence-electron chi connectivity index (χ2n) is 7.92. The molecule has 1 aliphatic heterocycles. The highest BCUT2D eigenvalue weighted by molar-refractivity contribution is 6.00. The normalized spacial score (nSPS) is 17.7. The van der Waals surface area contributed by atoms with Gasteiger partial charge in [-0.2, -0.15) is 0 Å². The molecule has 1 aliphatic carbocycles. The third-order valence-electron chi connectivity index (χ3n) is 5.84. The van der Waals surface area contributed by atoms with Crippen LogP contribution in [0, 0.1) is 5.92 Å². The first-order valence-electron chi connectivity index (χ1n) is 10.5. The molecule has 156 valence electrons. The molecular formula is C24H26N2O4. The molecule has 2 aliphatic rings. The van der Waals surface area contributed by atoms with Crippen molar-refractivity contribution in [1.82, 2.24) is 0 Å². The first kappa shape index (κ1) is 20.1. The topological polar surface area (TPSA) is 75.7 Å². The Morgan fingerprint density at radius 1 is 1.10 bits per heavy atom. The van der Waals surface area contributed by atoms with Crippen LogP contribution < -0.4 is 10.2 Å². The van der Waals surface area contributed by atoms with E-state index in [9.17, 15) is 14.4 Å². The number of hydrogen-bond acceptors (Lipinski definition) is 4. The Hall–Kier alpha value is -3.15. The van der Waals surface area contributed by atoms with Gasteiger partial charge in [0.25, 0.3) is 5.91 Å². The molecule has 1 N–H and O–H groups in total. The molecule has 2 aromatic carbocycles. The van der Waals surface area contributed by atoms with E-state index in [0.717, 1.165) is 37.1 Å². The summed E-state index contributed by atoms with van der Waals surface area (Å²) in [5, 5.41) is 2.78. The van der Waals surface area contributed by atoms with Gasteiger partial charge in [-0.25, -0.2) is 0 Å². The summed E-state index contributed by atoms with van der Waals surface area (Å²) in [6.45, 7) is 1.99. The molecule has 0 spiro atoms. The zero-order valence-corrected chi connectivity index (χ0v) is 17.1. The maximum atomic E-state index is 12.4. The van der Waals surface area contributed by atoms with Crippen LogP contribution in [-0.4, -0.2) is 30.9 Å². The number of carbonyl (C=O) groups excluding carboxylic acids is 3. The number of benzene rings is 2. The summed E-state index contributed by atoms with van der Waals surface area (Å²) >= 11 is 0. The Morgan fingerprint density at radius 3 is 2.63 bits per heavy atom. The number of carbonyl (C=O) groups is 3. The average molecular weight is 406 g/mol. The van der Waals surface area contributed by atoms with E-state index in [-0.39, 0.29) is 31.4 Å². The first-order valence-corrected chi connectivity index (χ1v) is 10.5. The van der Waals surface area contributed by atoms with Crippen LogP contribution in [0.4, 0.5) is 11.4 Å². The van der Waals surface area contributed by atoms with Crippen LogP contribution in [-0.2, 0) is 38.4 Å². The minimum absolute atomic E-state index is 0.0980. The summed E-state index contributed by atoms with van der Waals surface area (Å²) in [5.74, 6) is -1.56. The minimum atomic E-state index is -0.559. The van der Waals surface area contributed by atoms with Gasteiger partial charge in [0.15, 0.2) is 6.61 Å². The number of ether oxygens (including phenoxy) is 1. The summed E-state index contributed by atoms with van der Waals surface area (Å²) in [5.41, 5.74) is 5.28. The molecule has 1 heterocycles. The Morgan fingerprint density at radius 2 is 1.87 bits per heavy atom. The summed E-state index contributed by atoms with van der Waals surface area (Å²) in [6.07, 6.45) is 4.28. The Kier molecular flexibility index (Phi) is 5.84. The van der Waals surface area contributed by atoms with Crippen molar-refractivity contribution in [3.8, 4) is 0 Å². The van der Waals surface area contributed by atoms with Gasteiger partial charge in [-0.3, -0.25) is 14.4 Å². The number of nitrogens with zero attached hydrogens (tertiary/aromatic N) is 1. The monoisotopic (exact) mass is 406 g/mol. The molecule has 1 fully saturated rings. The van der Waals surface area contributed by atoms with Crippen molar-refractivity contribution in [3.05, 3.63) is 59.2 Å². The molecule has 0 radical (unpaired) electrons. The van der Waals surface area contributed by atoms with E-state index in [1.807, 2.05) is 42.5 Å². The van der Waals surface area contributed by atoms with Crippen LogP contribution in [0.15, 0.2) is 42.5 Å². The molecule has 6 nitrogen and oxygen atoms in total. The van der Waals surface area contributed by atoms with E-state index in [2.05, 4.69) is 12.2 Å².